The molecule has 1 fully saturated rings. The minimum atomic E-state index is -0.497. The third-order valence-corrected chi connectivity index (χ3v) is 9.05. The van der Waals surface area contributed by atoms with Crippen molar-refractivity contribution in [1.29, 1.82) is 0 Å². The van der Waals surface area contributed by atoms with Crippen molar-refractivity contribution in [2.75, 3.05) is 105 Å². The van der Waals surface area contributed by atoms with Gasteiger partial charge in [-0.2, -0.15) is 0 Å². The van der Waals surface area contributed by atoms with E-state index in [9.17, 15) is 4.79 Å². The van der Waals surface area contributed by atoms with E-state index in [-0.39, 0.29) is 19.2 Å². The van der Waals surface area contributed by atoms with E-state index in [1.807, 2.05) is 0 Å². The molecule has 0 bridgehead atoms. The van der Waals surface area contributed by atoms with Crippen molar-refractivity contribution in [1.82, 2.24) is 9.80 Å². The zero-order valence-corrected chi connectivity index (χ0v) is 31.1. The Hall–Kier alpha value is -0.810. The lowest BCUT2D eigenvalue weighted by Gasteiger charge is -2.34. The Kier molecular flexibility index (Phi) is 30.5. The molecule has 9 nitrogen and oxygen atoms in total. The Morgan fingerprint density at radius 2 is 0.979 bits per heavy atom. The molecule has 0 unspecified atom stereocenters. The largest absolute Gasteiger partial charge is 0.465 e. The van der Waals surface area contributed by atoms with E-state index >= 15 is 0 Å². The maximum absolute atomic E-state index is 13.0. The fourth-order valence-electron chi connectivity index (χ4n) is 5.89. The molecule has 0 aromatic heterocycles. The second-order valence-corrected chi connectivity index (χ2v) is 13.7. The van der Waals surface area contributed by atoms with Crippen LogP contribution in [0.15, 0.2) is 0 Å². The van der Waals surface area contributed by atoms with Gasteiger partial charge in [0.25, 0.3) is 0 Å². The van der Waals surface area contributed by atoms with E-state index in [0.29, 0.717) is 39.5 Å². The Balaban J connectivity index is 2.61. The van der Waals surface area contributed by atoms with Crippen LogP contribution < -0.4 is 0 Å². The maximum atomic E-state index is 13.0. The molecule has 0 amide bonds. The molecular weight excluding hydrogens is 596 g/mol. The van der Waals surface area contributed by atoms with Gasteiger partial charge in [-0.1, -0.05) is 97.8 Å². The predicted octanol–water partition coefficient (Wildman–Crippen LogP) is 6.88. The number of rotatable bonds is 35. The van der Waals surface area contributed by atoms with Crippen molar-refractivity contribution < 1.29 is 33.6 Å². The van der Waals surface area contributed by atoms with Gasteiger partial charge in [0, 0.05) is 59.0 Å². The molecule has 0 radical (unpaired) electrons. The molecule has 9 heteroatoms. The second kappa shape index (κ2) is 32.4. The fourth-order valence-corrected chi connectivity index (χ4v) is 5.89. The van der Waals surface area contributed by atoms with Gasteiger partial charge in [-0.25, -0.2) is 0 Å². The summed E-state index contributed by atoms with van der Waals surface area (Å²) < 4.78 is 30.1. The average molecular weight is 673 g/mol. The quantitative estimate of drug-likeness (QED) is 0.0572. The highest BCUT2D eigenvalue weighted by Crippen LogP contribution is 2.23. The number of esters is 1. The molecule has 280 valence electrons. The number of aliphatic hydroxyl groups is 1. The molecule has 0 aromatic rings. The van der Waals surface area contributed by atoms with E-state index < -0.39 is 5.41 Å². The standard InChI is InChI=1S/C38H76N2O7/c1-4-7-10-13-16-28-44-33-38(34-45-29-17-14-11-8-5-2,35-46-30-18-15-12-9-6-3)36-47-37(42)20-19-21-39-22-24-40(25-23-39)26-31-43-32-27-41/h41H,4-36H2,1-3H3. The molecule has 1 rings (SSSR count). The summed E-state index contributed by atoms with van der Waals surface area (Å²) in [5.41, 5.74) is -0.497. The second-order valence-electron chi connectivity index (χ2n) is 13.7. The molecular formula is C38H76N2O7. The Morgan fingerprint density at radius 1 is 0.532 bits per heavy atom. The van der Waals surface area contributed by atoms with Gasteiger partial charge in [0.15, 0.2) is 0 Å². The van der Waals surface area contributed by atoms with E-state index in [1.165, 1.54) is 77.0 Å². The van der Waals surface area contributed by atoms with Gasteiger partial charge in [0.05, 0.1) is 45.1 Å². The molecule has 0 saturated carbocycles. The van der Waals surface area contributed by atoms with Crippen molar-refractivity contribution >= 4 is 5.97 Å². The first-order valence-electron chi connectivity index (χ1n) is 19.6. The van der Waals surface area contributed by atoms with Crippen molar-refractivity contribution in [3.8, 4) is 0 Å². The van der Waals surface area contributed by atoms with Crippen molar-refractivity contribution in [3.05, 3.63) is 0 Å². The molecule has 0 aliphatic carbocycles. The summed E-state index contributed by atoms with van der Waals surface area (Å²) in [7, 11) is 0. The normalized spacial score (nSPS) is 14.6. The summed E-state index contributed by atoms with van der Waals surface area (Å²) in [6.45, 7) is 17.5. The molecule has 0 aromatic carbocycles. The van der Waals surface area contributed by atoms with E-state index in [1.54, 1.807) is 0 Å². The van der Waals surface area contributed by atoms with Crippen molar-refractivity contribution in [3.63, 3.8) is 0 Å². The lowest BCUT2D eigenvalue weighted by molar-refractivity contribution is -0.156. The SMILES string of the molecule is CCCCCCCOCC(COCCCCCCC)(COCCCCCCC)COC(=O)CCCN1CCN(CCOCCO)CC1. The van der Waals surface area contributed by atoms with Crippen LogP contribution in [0.3, 0.4) is 0 Å². The molecule has 1 aliphatic heterocycles. The van der Waals surface area contributed by atoms with Gasteiger partial charge in [0.1, 0.15) is 6.61 Å². The van der Waals surface area contributed by atoms with E-state index in [0.717, 1.165) is 84.8 Å². The van der Waals surface area contributed by atoms with Gasteiger partial charge in [0.2, 0.25) is 0 Å². The minimum absolute atomic E-state index is 0.0735. The lowest BCUT2D eigenvalue weighted by atomic mass is 9.92. The van der Waals surface area contributed by atoms with Crippen LogP contribution in [0.4, 0.5) is 0 Å². The third-order valence-electron chi connectivity index (χ3n) is 9.05. The highest BCUT2D eigenvalue weighted by atomic mass is 16.5. The monoisotopic (exact) mass is 673 g/mol. The smallest absolute Gasteiger partial charge is 0.305 e. The van der Waals surface area contributed by atoms with Crippen LogP contribution in [0.2, 0.25) is 0 Å². The summed E-state index contributed by atoms with van der Waals surface area (Å²) in [6.07, 6.45) is 19.2. The van der Waals surface area contributed by atoms with Gasteiger partial charge in [-0.15, -0.1) is 0 Å². The molecule has 0 atom stereocenters. The van der Waals surface area contributed by atoms with Crippen LogP contribution in [0, 0.1) is 5.41 Å². The molecule has 47 heavy (non-hydrogen) atoms. The lowest BCUT2D eigenvalue weighted by Crippen LogP contribution is -2.47. The highest BCUT2D eigenvalue weighted by molar-refractivity contribution is 5.69. The van der Waals surface area contributed by atoms with Crippen LogP contribution in [0.25, 0.3) is 0 Å². The molecule has 1 heterocycles. The van der Waals surface area contributed by atoms with Gasteiger partial charge < -0.3 is 33.7 Å². The summed E-state index contributed by atoms with van der Waals surface area (Å²) in [4.78, 5) is 17.8. The summed E-state index contributed by atoms with van der Waals surface area (Å²) in [6, 6.07) is 0. The zero-order valence-electron chi connectivity index (χ0n) is 31.1. The first-order valence-corrected chi connectivity index (χ1v) is 19.6. The van der Waals surface area contributed by atoms with Crippen LogP contribution in [0.5, 0.6) is 0 Å². The van der Waals surface area contributed by atoms with E-state index in [2.05, 4.69) is 30.6 Å². The highest BCUT2D eigenvalue weighted by Gasteiger charge is 2.34. The Labute approximate surface area is 289 Å². The molecule has 1 N–H and O–H groups in total. The number of unbranched alkanes of at least 4 members (excludes halogenated alkanes) is 12. The maximum Gasteiger partial charge on any atom is 0.305 e. The summed E-state index contributed by atoms with van der Waals surface area (Å²) in [5, 5.41) is 8.86. The van der Waals surface area contributed by atoms with Crippen molar-refractivity contribution in [2.45, 2.75) is 130 Å². The Bertz CT molecular complexity index is 631. The van der Waals surface area contributed by atoms with Crippen LogP contribution in [-0.4, -0.2) is 126 Å². The van der Waals surface area contributed by atoms with Crippen LogP contribution in [0.1, 0.15) is 130 Å². The van der Waals surface area contributed by atoms with Crippen LogP contribution >= 0.6 is 0 Å². The first-order chi connectivity index (χ1) is 23.1. The number of hydrogen-bond acceptors (Lipinski definition) is 9. The number of nitrogens with zero attached hydrogens (tertiary/aromatic N) is 2. The summed E-state index contributed by atoms with van der Waals surface area (Å²) in [5.74, 6) is -0.146. The summed E-state index contributed by atoms with van der Waals surface area (Å²) >= 11 is 0. The van der Waals surface area contributed by atoms with E-state index in [4.69, 9.17) is 28.8 Å². The van der Waals surface area contributed by atoms with Gasteiger partial charge in [-0.3, -0.25) is 9.69 Å². The van der Waals surface area contributed by atoms with Gasteiger partial charge in [-0.05, 0) is 32.2 Å². The number of hydrogen-bond donors (Lipinski definition) is 1. The Morgan fingerprint density at radius 3 is 1.43 bits per heavy atom. The predicted molar refractivity (Wildman–Crippen MR) is 192 cm³/mol. The van der Waals surface area contributed by atoms with Crippen molar-refractivity contribution in [2.24, 2.45) is 5.41 Å². The molecule has 0 spiro atoms. The third kappa shape index (κ3) is 25.8. The van der Waals surface area contributed by atoms with Gasteiger partial charge >= 0.3 is 5.97 Å². The average Bonchev–Trinajstić information content (AvgIpc) is 3.08. The number of carbonyl (C=O) groups excluding carboxylic acids is 1. The number of carbonyl (C=O) groups is 1. The first kappa shape index (κ1) is 44.2. The number of ether oxygens (including phenoxy) is 5. The minimum Gasteiger partial charge on any atom is -0.465 e. The molecule has 1 saturated heterocycles. The topological polar surface area (TPSA) is 89.9 Å². The molecule has 1 aliphatic rings. The van der Waals surface area contributed by atoms with Crippen LogP contribution in [-0.2, 0) is 28.5 Å². The zero-order chi connectivity index (χ0) is 34.1. The number of piperazine rings is 1. The number of aliphatic hydroxyl groups excluding tert-OH is 1. The fraction of sp³-hybridized carbons (Fsp3) is 0.974.